The van der Waals surface area contributed by atoms with Crippen LogP contribution in [0.25, 0.3) is 22.3 Å². The van der Waals surface area contributed by atoms with Crippen LogP contribution in [0.1, 0.15) is 64.3 Å². The Morgan fingerprint density at radius 2 is 1.34 bits per heavy atom. The molecule has 13 heteroatoms. The fraction of sp³-hybridized carbons (Fsp3) is 0.200. The first kappa shape index (κ1) is 42.0. The van der Waals surface area contributed by atoms with Crippen molar-refractivity contribution in [3.63, 3.8) is 0 Å². The van der Waals surface area contributed by atoms with Crippen LogP contribution in [0.15, 0.2) is 122 Å². The first-order valence-electron chi connectivity index (χ1n) is 18.5. The van der Waals surface area contributed by atoms with Crippen molar-refractivity contribution in [1.82, 2.24) is 25.3 Å². The zero-order valence-corrected chi connectivity index (χ0v) is 33.2. The number of methoxy groups -OCH3 is 1. The number of carboxylic acids is 1. The zero-order chi connectivity index (χ0) is 41.8. The van der Waals surface area contributed by atoms with Crippen LogP contribution >= 0.6 is 0 Å². The normalized spacial score (nSPS) is 11.1. The molecule has 58 heavy (non-hydrogen) atoms. The molecule has 1 unspecified atom stereocenters. The van der Waals surface area contributed by atoms with Crippen molar-refractivity contribution in [2.75, 3.05) is 30.1 Å². The van der Waals surface area contributed by atoms with Gasteiger partial charge in [0.25, 0.3) is 11.8 Å². The van der Waals surface area contributed by atoms with E-state index in [0.29, 0.717) is 40.6 Å². The number of nitrogens with one attached hydrogen (secondary N) is 1. The van der Waals surface area contributed by atoms with Crippen LogP contribution in [-0.4, -0.2) is 69.0 Å². The molecule has 0 aliphatic rings. The van der Waals surface area contributed by atoms with Crippen molar-refractivity contribution < 1.29 is 29.0 Å². The summed E-state index contributed by atoms with van der Waals surface area (Å²) in [5, 5.41) is 12.5. The standard InChI is InChI=1S/C25H28N4O3.C20H17N3O3/c1-5-29(24(30)16-32-4)22-13-20(19-8-6-17(2)7-9-19)12-21(14-22)25(31)28-18(3)23-15-26-10-11-27-23;1-13-3-5-15(6-4-13)16-9-17(20(25)26)11-18(10-16)23(14(2)24)19-7-8-21-12-22-19/h6-15,18H,5,16H2,1-4H3,(H,28,31);3-12H,1-2H3,(H,25,26). The third-order valence-electron chi connectivity index (χ3n) is 9.05. The Kier molecular flexibility index (Phi) is 14.2. The Labute approximate surface area is 337 Å². The molecular formula is C45H45N7O6. The molecule has 2 N–H and O–H groups in total. The molecule has 6 rings (SSSR count). The molecule has 4 aromatic carbocycles. The number of aromatic nitrogens is 4. The molecule has 0 radical (unpaired) electrons. The Morgan fingerprint density at radius 1 is 0.741 bits per heavy atom. The molecule has 0 bridgehead atoms. The van der Waals surface area contributed by atoms with E-state index in [9.17, 15) is 24.3 Å². The van der Waals surface area contributed by atoms with Crippen molar-refractivity contribution in [3.05, 3.63) is 150 Å². The summed E-state index contributed by atoms with van der Waals surface area (Å²) in [6.07, 6.45) is 7.68. The number of amides is 3. The first-order chi connectivity index (χ1) is 27.9. The van der Waals surface area contributed by atoms with E-state index in [2.05, 4.69) is 25.3 Å². The topological polar surface area (TPSA) is 168 Å². The van der Waals surface area contributed by atoms with Crippen LogP contribution in [0.4, 0.5) is 17.2 Å². The molecule has 2 heterocycles. The quantitative estimate of drug-likeness (QED) is 0.125. The summed E-state index contributed by atoms with van der Waals surface area (Å²) in [5.41, 5.74) is 7.94. The Bertz CT molecular complexity index is 2360. The van der Waals surface area contributed by atoms with Crippen molar-refractivity contribution >= 4 is 40.9 Å². The highest BCUT2D eigenvalue weighted by atomic mass is 16.5. The van der Waals surface area contributed by atoms with Gasteiger partial charge < -0.3 is 20.1 Å². The molecule has 0 saturated carbocycles. The lowest BCUT2D eigenvalue weighted by molar-refractivity contribution is -0.122. The number of likely N-dealkylation sites (N-methyl/N-ethyl adjacent to an activating group) is 1. The van der Waals surface area contributed by atoms with E-state index in [4.69, 9.17) is 4.74 Å². The lowest BCUT2D eigenvalue weighted by atomic mass is 10.00. The predicted octanol–water partition coefficient (Wildman–Crippen LogP) is 7.78. The highest BCUT2D eigenvalue weighted by Gasteiger charge is 2.21. The minimum atomic E-state index is -1.06. The van der Waals surface area contributed by atoms with Gasteiger partial charge in [0.2, 0.25) is 5.91 Å². The van der Waals surface area contributed by atoms with E-state index in [-0.39, 0.29) is 35.9 Å². The number of carbonyl (C=O) groups excluding carboxylic acids is 3. The Balaban J connectivity index is 0.000000226. The second kappa shape index (κ2) is 19.6. The van der Waals surface area contributed by atoms with Gasteiger partial charge in [-0.05, 0) is 92.4 Å². The smallest absolute Gasteiger partial charge is 0.335 e. The Morgan fingerprint density at radius 3 is 1.86 bits per heavy atom. The highest BCUT2D eigenvalue weighted by Crippen LogP contribution is 2.32. The number of benzene rings is 4. The van der Waals surface area contributed by atoms with E-state index in [1.807, 2.05) is 88.4 Å². The summed E-state index contributed by atoms with van der Waals surface area (Å²) in [7, 11) is 1.49. The van der Waals surface area contributed by atoms with E-state index in [1.54, 1.807) is 47.8 Å². The first-order valence-corrected chi connectivity index (χ1v) is 18.5. The number of hydrogen-bond acceptors (Lipinski definition) is 9. The van der Waals surface area contributed by atoms with Crippen LogP contribution < -0.4 is 15.1 Å². The number of rotatable bonds is 12. The largest absolute Gasteiger partial charge is 0.478 e. The van der Waals surface area contributed by atoms with E-state index in [0.717, 1.165) is 27.8 Å². The minimum Gasteiger partial charge on any atom is -0.478 e. The fourth-order valence-corrected chi connectivity index (χ4v) is 6.07. The number of carboxylic acid groups (broad SMARTS) is 1. The minimum absolute atomic E-state index is 0.0339. The number of hydrogen-bond donors (Lipinski definition) is 2. The fourth-order valence-electron chi connectivity index (χ4n) is 6.07. The molecule has 0 fully saturated rings. The highest BCUT2D eigenvalue weighted by molar-refractivity contribution is 6.01. The average molecular weight is 780 g/mol. The van der Waals surface area contributed by atoms with Gasteiger partial charge in [-0.3, -0.25) is 29.3 Å². The van der Waals surface area contributed by atoms with Gasteiger partial charge in [-0.25, -0.2) is 14.8 Å². The lowest BCUT2D eigenvalue weighted by Crippen LogP contribution is -2.34. The van der Waals surface area contributed by atoms with Gasteiger partial charge in [-0.1, -0.05) is 59.7 Å². The molecular weight excluding hydrogens is 735 g/mol. The molecule has 0 spiro atoms. The van der Waals surface area contributed by atoms with E-state index in [1.165, 1.54) is 37.5 Å². The third-order valence-corrected chi connectivity index (χ3v) is 9.05. The SMILES string of the molecule is CC(=O)N(c1cc(C(=O)O)cc(-c2ccc(C)cc2)c1)c1ccncn1.CCN(C(=O)COC)c1cc(C(=O)NC(C)c2cnccn2)cc(-c2ccc(C)cc2)c1. The zero-order valence-electron chi connectivity index (χ0n) is 33.2. The van der Waals surface area contributed by atoms with Gasteiger partial charge in [-0.15, -0.1) is 0 Å². The molecule has 6 aromatic rings. The summed E-state index contributed by atoms with van der Waals surface area (Å²) < 4.78 is 5.03. The van der Waals surface area contributed by atoms with E-state index >= 15 is 0 Å². The van der Waals surface area contributed by atoms with Crippen LogP contribution in [-0.2, 0) is 14.3 Å². The van der Waals surface area contributed by atoms with Gasteiger partial charge in [0.05, 0.1) is 29.2 Å². The van der Waals surface area contributed by atoms with Crippen LogP contribution in [0.3, 0.4) is 0 Å². The molecule has 13 nitrogen and oxygen atoms in total. The molecule has 0 saturated heterocycles. The number of ether oxygens (including phenoxy) is 1. The number of carbonyl (C=O) groups is 4. The van der Waals surface area contributed by atoms with Gasteiger partial charge in [0.15, 0.2) is 0 Å². The molecule has 3 amide bonds. The molecule has 2 aromatic heterocycles. The van der Waals surface area contributed by atoms with Gasteiger partial charge in [-0.2, -0.15) is 0 Å². The van der Waals surface area contributed by atoms with E-state index < -0.39 is 5.97 Å². The number of aromatic carboxylic acids is 1. The molecule has 296 valence electrons. The van der Waals surface area contributed by atoms with Crippen LogP contribution in [0, 0.1) is 13.8 Å². The maximum absolute atomic E-state index is 13.1. The number of aryl methyl sites for hydroxylation is 2. The maximum atomic E-state index is 13.1. The number of nitrogens with zero attached hydrogens (tertiary/aromatic N) is 6. The van der Waals surface area contributed by atoms with Crippen LogP contribution in [0.5, 0.6) is 0 Å². The molecule has 0 aliphatic heterocycles. The second-order valence-electron chi connectivity index (χ2n) is 13.4. The van der Waals surface area contributed by atoms with Crippen molar-refractivity contribution in [3.8, 4) is 22.3 Å². The van der Waals surface area contributed by atoms with Crippen molar-refractivity contribution in [1.29, 1.82) is 0 Å². The summed E-state index contributed by atoms with van der Waals surface area (Å²) in [5.74, 6) is -1.39. The van der Waals surface area contributed by atoms with Gasteiger partial charge in [0.1, 0.15) is 18.8 Å². The average Bonchev–Trinajstić information content (AvgIpc) is 3.22. The predicted molar refractivity (Wildman–Crippen MR) is 223 cm³/mol. The van der Waals surface area contributed by atoms with Crippen molar-refractivity contribution in [2.24, 2.45) is 0 Å². The van der Waals surface area contributed by atoms with Crippen LogP contribution in [0.2, 0.25) is 0 Å². The summed E-state index contributed by atoms with van der Waals surface area (Å²) in [6.45, 7) is 9.57. The third kappa shape index (κ3) is 10.8. The summed E-state index contributed by atoms with van der Waals surface area (Å²) in [6, 6.07) is 27.4. The Hall–Kier alpha value is -7.12. The van der Waals surface area contributed by atoms with Gasteiger partial charge >= 0.3 is 5.97 Å². The van der Waals surface area contributed by atoms with Crippen molar-refractivity contribution in [2.45, 2.75) is 40.7 Å². The molecule has 0 aliphatic carbocycles. The maximum Gasteiger partial charge on any atom is 0.335 e. The number of anilines is 3. The monoisotopic (exact) mass is 779 g/mol. The lowest BCUT2D eigenvalue weighted by Gasteiger charge is -2.23. The van der Waals surface area contributed by atoms with Gasteiger partial charge in [0, 0.05) is 50.4 Å². The summed E-state index contributed by atoms with van der Waals surface area (Å²) in [4.78, 5) is 68.8. The second-order valence-corrected chi connectivity index (χ2v) is 13.4. The molecule has 1 atom stereocenters. The summed E-state index contributed by atoms with van der Waals surface area (Å²) >= 11 is 0.